The number of hydrogen-bond donors (Lipinski definition) is 1. The van der Waals surface area contributed by atoms with E-state index in [-0.39, 0.29) is 25.2 Å². The molecular weight excluding hydrogens is 382 g/mol. The number of esters is 1. The Bertz CT molecular complexity index is 920. The summed E-state index contributed by atoms with van der Waals surface area (Å²) in [6.45, 7) is 7.19. The molecule has 6 heteroatoms. The maximum Gasteiger partial charge on any atom is 0.344 e. The van der Waals surface area contributed by atoms with E-state index in [4.69, 9.17) is 14.2 Å². The highest BCUT2D eigenvalue weighted by Gasteiger charge is 2.14. The van der Waals surface area contributed by atoms with Crippen LogP contribution in [0.3, 0.4) is 0 Å². The summed E-state index contributed by atoms with van der Waals surface area (Å²) in [5.74, 6) is -0.0696. The summed E-state index contributed by atoms with van der Waals surface area (Å²) in [7, 11) is 1.53. The molecule has 1 N–H and O–H groups in total. The van der Waals surface area contributed by atoms with Crippen LogP contribution in [0.5, 0.6) is 11.5 Å². The Morgan fingerprint density at radius 3 is 2.47 bits per heavy atom. The number of methoxy groups -OCH3 is 1. The maximum atomic E-state index is 12.1. The molecule has 2 rings (SSSR count). The summed E-state index contributed by atoms with van der Waals surface area (Å²) >= 11 is 0. The van der Waals surface area contributed by atoms with E-state index >= 15 is 0 Å². The molecule has 6 nitrogen and oxygen atoms in total. The number of benzene rings is 2. The van der Waals surface area contributed by atoms with E-state index in [0.29, 0.717) is 11.5 Å². The van der Waals surface area contributed by atoms with Crippen molar-refractivity contribution in [3.8, 4) is 11.5 Å². The van der Waals surface area contributed by atoms with Crippen molar-refractivity contribution in [3.63, 3.8) is 0 Å². The SMILES string of the molecule is C/C=C/c1ccc(OCC(=O)OCC(=O)N[C@@H](C)c2ccc(C)c(C)c2)c(OC)c1. The molecular formula is C24H29NO5. The van der Waals surface area contributed by atoms with E-state index in [1.54, 1.807) is 6.07 Å². The van der Waals surface area contributed by atoms with Crippen molar-refractivity contribution in [2.75, 3.05) is 20.3 Å². The van der Waals surface area contributed by atoms with E-state index < -0.39 is 5.97 Å². The van der Waals surface area contributed by atoms with Gasteiger partial charge >= 0.3 is 5.97 Å². The summed E-state index contributed by atoms with van der Waals surface area (Å²) in [4.78, 5) is 24.0. The zero-order valence-electron chi connectivity index (χ0n) is 18.2. The highest BCUT2D eigenvalue weighted by atomic mass is 16.6. The first kappa shape index (κ1) is 23.0. The lowest BCUT2D eigenvalue weighted by atomic mass is 10.0. The minimum atomic E-state index is -0.636. The molecule has 0 aromatic heterocycles. The number of aryl methyl sites for hydroxylation is 2. The molecule has 0 bridgehead atoms. The van der Waals surface area contributed by atoms with Crippen LogP contribution in [-0.4, -0.2) is 32.2 Å². The summed E-state index contributed by atoms with van der Waals surface area (Å²) in [6, 6.07) is 11.2. The van der Waals surface area contributed by atoms with Gasteiger partial charge in [0.2, 0.25) is 0 Å². The summed E-state index contributed by atoms with van der Waals surface area (Å²) in [5.41, 5.74) is 4.30. The molecule has 0 saturated carbocycles. The Hall–Kier alpha value is -3.28. The first-order valence-electron chi connectivity index (χ1n) is 9.79. The predicted octanol–water partition coefficient (Wildman–Crippen LogP) is 4.14. The second-order valence-corrected chi connectivity index (χ2v) is 6.99. The number of amides is 1. The van der Waals surface area contributed by atoms with Crippen LogP contribution in [0.1, 0.15) is 42.1 Å². The van der Waals surface area contributed by atoms with Gasteiger partial charge in [-0.25, -0.2) is 4.79 Å². The Balaban J connectivity index is 1.81. The second kappa shape index (κ2) is 11.0. The van der Waals surface area contributed by atoms with Crippen molar-refractivity contribution < 1.29 is 23.8 Å². The van der Waals surface area contributed by atoms with Gasteiger partial charge in [0.25, 0.3) is 5.91 Å². The summed E-state index contributed by atoms with van der Waals surface area (Å²) < 4.78 is 15.8. The highest BCUT2D eigenvalue weighted by molar-refractivity contribution is 5.81. The minimum absolute atomic E-state index is 0.188. The van der Waals surface area contributed by atoms with Gasteiger partial charge in [0.15, 0.2) is 24.7 Å². The standard InChI is InChI=1S/C24H29NO5/c1-6-7-19-9-11-21(22(13-19)28-5)29-15-24(27)30-14-23(26)25-18(4)20-10-8-16(2)17(3)12-20/h6-13,18H,14-15H2,1-5H3,(H,25,26)/b7-6+/t18-/m0/s1. The molecule has 0 radical (unpaired) electrons. The minimum Gasteiger partial charge on any atom is -0.493 e. The van der Waals surface area contributed by atoms with Crippen molar-refractivity contribution in [1.29, 1.82) is 0 Å². The molecule has 0 aliphatic rings. The van der Waals surface area contributed by atoms with E-state index in [1.165, 1.54) is 12.7 Å². The monoisotopic (exact) mass is 411 g/mol. The first-order chi connectivity index (χ1) is 14.3. The average Bonchev–Trinajstić information content (AvgIpc) is 2.73. The van der Waals surface area contributed by atoms with Crippen molar-refractivity contribution in [2.45, 2.75) is 33.7 Å². The number of rotatable bonds is 9. The van der Waals surface area contributed by atoms with Gasteiger partial charge in [-0.1, -0.05) is 36.4 Å². The fourth-order valence-corrected chi connectivity index (χ4v) is 2.82. The molecule has 0 heterocycles. The largest absolute Gasteiger partial charge is 0.493 e. The number of carbonyl (C=O) groups excluding carboxylic acids is 2. The van der Waals surface area contributed by atoms with Crippen LogP contribution < -0.4 is 14.8 Å². The normalized spacial score (nSPS) is 11.8. The quantitative estimate of drug-likeness (QED) is 0.628. The van der Waals surface area contributed by atoms with Crippen molar-refractivity contribution in [3.05, 3.63) is 64.7 Å². The van der Waals surface area contributed by atoms with Crippen molar-refractivity contribution >= 4 is 18.0 Å². The van der Waals surface area contributed by atoms with Gasteiger partial charge in [-0.3, -0.25) is 4.79 Å². The molecule has 0 aliphatic heterocycles. The third-order valence-corrected chi connectivity index (χ3v) is 4.67. The van der Waals surface area contributed by atoms with E-state index in [9.17, 15) is 9.59 Å². The fourth-order valence-electron chi connectivity index (χ4n) is 2.82. The molecule has 2 aromatic rings. The van der Waals surface area contributed by atoms with Crippen molar-refractivity contribution in [2.24, 2.45) is 0 Å². The van der Waals surface area contributed by atoms with Gasteiger partial charge in [0.1, 0.15) is 0 Å². The predicted molar refractivity (Wildman–Crippen MR) is 117 cm³/mol. The number of nitrogens with one attached hydrogen (secondary N) is 1. The lowest BCUT2D eigenvalue weighted by Gasteiger charge is -2.16. The number of carbonyl (C=O) groups is 2. The average molecular weight is 411 g/mol. The van der Waals surface area contributed by atoms with Crippen LogP contribution in [0.2, 0.25) is 0 Å². The van der Waals surface area contributed by atoms with Gasteiger partial charge in [-0.2, -0.15) is 0 Å². The molecule has 0 unspecified atom stereocenters. The zero-order valence-corrected chi connectivity index (χ0v) is 18.2. The molecule has 30 heavy (non-hydrogen) atoms. The van der Waals surface area contributed by atoms with E-state index in [1.807, 2.05) is 70.2 Å². The van der Waals surface area contributed by atoms with Crippen LogP contribution in [-0.2, 0) is 14.3 Å². The molecule has 2 aromatic carbocycles. The zero-order chi connectivity index (χ0) is 22.1. The van der Waals surface area contributed by atoms with Gasteiger partial charge in [0, 0.05) is 0 Å². The Kier molecular flexibility index (Phi) is 8.47. The van der Waals surface area contributed by atoms with Crippen LogP contribution >= 0.6 is 0 Å². The van der Waals surface area contributed by atoms with Gasteiger partial charge in [0.05, 0.1) is 13.2 Å². The Morgan fingerprint density at radius 2 is 1.80 bits per heavy atom. The Morgan fingerprint density at radius 1 is 1.03 bits per heavy atom. The van der Waals surface area contributed by atoms with Gasteiger partial charge in [-0.15, -0.1) is 0 Å². The third kappa shape index (κ3) is 6.65. The third-order valence-electron chi connectivity index (χ3n) is 4.67. The molecule has 0 saturated heterocycles. The van der Waals surface area contributed by atoms with Gasteiger partial charge in [-0.05, 0) is 62.1 Å². The molecule has 0 fully saturated rings. The van der Waals surface area contributed by atoms with Crippen LogP contribution in [0.15, 0.2) is 42.5 Å². The molecule has 160 valence electrons. The lowest BCUT2D eigenvalue weighted by molar-refractivity contribution is -0.150. The topological polar surface area (TPSA) is 73.9 Å². The highest BCUT2D eigenvalue weighted by Crippen LogP contribution is 2.28. The second-order valence-electron chi connectivity index (χ2n) is 6.99. The van der Waals surface area contributed by atoms with Crippen LogP contribution in [0.25, 0.3) is 6.08 Å². The molecule has 1 amide bonds. The summed E-state index contributed by atoms with van der Waals surface area (Å²) in [6.07, 6.45) is 3.84. The van der Waals surface area contributed by atoms with Gasteiger partial charge < -0.3 is 19.5 Å². The maximum absolute atomic E-state index is 12.1. The lowest BCUT2D eigenvalue weighted by Crippen LogP contribution is -2.32. The van der Waals surface area contributed by atoms with E-state index in [0.717, 1.165) is 16.7 Å². The van der Waals surface area contributed by atoms with Crippen molar-refractivity contribution in [1.82, 2.24) is 5.32 Å². The first-order valence-corrected chi connectivity index (χ1v) is 9.79. The smallest absolute Gasteiger partial charge is 0.344 e. The molecule has 0 spiro atoms. The van der Waals surface area contributed by atoms with E-state index in [2.05, 4.69) is 5.32 Å². The van der Waals surface area contributed by atoms with Crippen LogP contribution in [0, 0.1) is 13.8 Å². The number of allylic oxidation sites excluding steroid dienone is 1. The number of ether oxygens (including phenoxy) is 3. The summed E-state index contributed by atoms with van der Waals surface area (Å²) in [5, 5.41) is 2.83. The fraction of sp³-hybridized carbons (Fsp3) is 0.333. The van der Waals surface area contributed by atoms with Crippen LogP contribution in [0.4, 0.5) is 0 Å². The molecule has 0 aliphatic carbocycles. The Labute approximate surface area is 177 Å². The number of hydrogen-bond acceptors (Lipinski definition) is 5. The molecule has 1 atom stereocenters.